The first-order valence-electron chi connectivity index (χ1n) is 4.38. The summed E-state index contributed by atoms with van der Waals surface area (Å²) in [5.41, 5.74) is -0.546. The number of nitrogens with one attached hydrogen (secondary N) is 1. The number of hydrogen-bond acceptors (Lipinski definition) is 4. The fraction of sp³-hybridized carbons (Fsp3) is 1.00. The van der Waals surface area contributed by atoms with Crippen LogP contribution in [0.3, 0.4) is 0 Å². The molecule has 0 saturated heterocycles. The Labute approximate surface area is 72.2 Å². The van der Waals surface area contributed by atoms with Crippen molar-refractivity contribution in [2.24, 2.45) is 0 Å². The van der Waals surface area contributed by atoms with Gasteiger partial charge >= 0.3 is 0 Å². The minimum atomic E-state index is -0.714. The quantitative estimate of drug-likeness (QED) is 0.425. The summed E-state index contributed by atoms with van der Waals surface area (Å²) in [4.78, 5) is 0. The number of rotatable bonds is 5. The van der Waals surface area contributed by atoms with Gasteiger partial charge in [0.15, 0.2) is 0 Å². The van der Waals surface area contributed by atoms with Crippen LogP contribution in [0.2, 0.25) is 0 Å². The van der Waals surface area contributed by atoms with Crippen LogP contribution in [-0.2, 0) is 0 Å². The highest BCUT2D eigenvalue weighted by Gasteiger charge is 2.33. The number of hydrogen-bond donors (Lipinski definition) is 4. The van der Waals surface area contributed by atoms with Crippen molar-refractivity contribution < 1.29 is 15.3 Å². The molecule has 72 valence electrons. The first-order chi connectivity index (χ1) is 5.66. The molecule has 0 aromatic heterocycles. The molecular weight excluding hydrogens is 158 g/mol. The summed E-state index contributed by atoms with van der Waals surface area (Å²) in [5.74, 6) is 0. The maximum atomic E-state index is 9.59. The van der Waals surface area contributed by atoms with E-state index in [1.54, 1.807) is 0 Å². The fourth-order valence-electron chi connectivity index (χ4n) is 1.30. The largest absolute Gasteiger partial charge is 0.394 e. The second-order valence-electron chi connectivity index (χ2n) is 3.55. The van der Waals surface area contributed by atoms with Crippen LogP contribution in [0.25, 0.3) is 0 Å². The highest BCUT2D eigenvalue weighted by atomic mass is 16.3. The predicted molar refractivity (Wildman–Crippen MR) is 44.8 cm³/mol. The molecule has 0 aromatic rings. The molecule has 0 bridgehead atoms. The van der Waals surface area contributed by atoms with Gasteiger partial charge in [0.1, 0.15) is 0 Å². The lowest BCUT2D eigenvalue weighted by atomic mass is 9.80. The van der Waals surface area contributed by atoms with Gasteiger partial charge in [-0.1, -0.05) is 0 Å². The standard InChI is InChI=1S/C8H17NO3/c10-5-7(11)4-9-6-8(12)2-1-3-8/h7,9-12H,1-6H2. The van der Waals surface area contributed by atoms with Crippen molar-refractivity contribution in [2.75, 3.05) is 19.7 Å². The van der Waals surface area contributed by atoms with Crippen molar-refractivity contribution in [3.63, 3.8) is 0 Å². The lowest BCUT2D eigenvalue weighted by Gasteiger charge is -2.36. The van der Waals surface area contributed by atoms with Crippen LogP contribution in [0.1, 0.15) is 19.3 Å². The van der Waals surface area contributed by atoms with Crippen LogP contribution in [0.5, 0.6) is 0 Å². The van der Waals surface area contributed by atoms with Crippen LogP contribution in [0.15, 0.2) is 0 Å². The zero-order valence-corrected chi connectivity index (χ0v) is 7.16. The molecule has 1 rings (SSSR count). The Kier molecular flexibility index (Phi) is 3.46. The minimum Gasteiger partial charge on any atom is -0.394 e. The average Bonchev–Trinajstić information content (AvgIpc) is 2.01. The van der Waals surface area contributed by atoms with E-state index in [9.17, 15) is 5.11 Å². The summed E-state index contributed by atoms with van der Waals surface area (Å²) in [6.07, 6.45) is 2.05. The van der Waals surface area contributed by atoms with Crippen molar-refractivity contribution >= 4 is 0 Å². The third-order valence-electron chi connectivity index (χ3n) is 2.33. The van der Waals surface area contributed by atoms with Gasteiger partial charge < -0.3 is 20.6 Å². The molecule has 4 N–H and O–H groups in total. The summed E-state index contributed by atoms with van der Waals surface area (Å²) < 4.78 is 0. The van der Waals surface area contributed by atoms with Gasteiger partial charge in [0.05, 0.1) is 18.3 Å². The third kappa shape index (κ3) is 2.71. The number of aliphatic hydroxyl groups is 3. The lowest BCUT2D eigenvalue weighted by Crippen LogP contribution is -2.47. The van der Waals surface area contributed by atoms with E-state index in [2.05, 4.69) is 5.32 Å². The second-order valence-corrected chi connectivity index (χ2v) is 3.55. The molecule has 1 saturated carbocycles. The molecule has 0 radical (unpaired) electrons. The predicted octanol–water partition coefficient (Wildman–Crippen LogP) is -1.16. The molecular formula is C8H17NO3. The maximum Gasteiger partial charge on any atom is 0.0894 e. The molecule has 12 heavy (non-hydrogen) atoms. The SMILES string of the molecule is OCC(O)CNCC1(O)CCC1. The first-order valence-corrected chi connectivity index (χ1v) is 4.38. The molecule has 1 atom stereocenters. The minimum absolute atomic E-state index is 0.231. The Hall–Kier alpha value is -0.160. The second kappa shape index (κ2) is 4.18. The van der Waals surface area contributed by atoms with Crippen molar-refractivity contribution in [3.8, 4) is 0 Å². The number of aliphatic hydroxyl groups excluding tert-OH is 2. The fourth-order valence-corrected chi connectivity index (χ4v) is 1.30. The van der Waals surface area contributed by atoms with E-state index < -0.39 is 11.7 Å². The van der Waals surface area contributed by atoms with Gasteiger partial charge in [-0.25, -0.2) is 0 Å². The third-order valence-corrected chi connectivity index (χ3v) is 2.33. The van der Waals surface area contributed by atoms with Crippen molar-refractivity contribution in [1.82, 2.24) is 5.32 Å². The molecule has 0 aromatic carbocycles. The Balaban J connectivity index is 2.01. The van der Waals surface area contributed by atoms with E-state index in [4.69, 9.17) is 10.2 Å². The Morgan fingerprint density at radius 3 is 2.50 bits per heavy atom. The lowest BCUT2D eigenvalue weighted by molar-refractivity contribution is -0.0337. The van der Waals surface area contributed by atoms with E-state index in [1.807, 2.05) is 0 Å². The van der Waals surface area contributed by atoms with E-state index in [0.717, 1.165) is 19.3 Å². The average molecular weight is 175 g/mol. The Morgan fingerprint density at radius 2 is 2.08 bits per heavy atom. The van der Waals surface area contributed by atoms with E-state index in [-0.39, 0.29) is 6.61 Å². The van der Waals surface area contributed by atoms with Crippen LogP contribution < -0.4 is 5.32 Å². The highest BCUT2D eigenvalue weighted by molar-refractivity contribution is 4.89. The molecule has 1 aliphatic rings. The van der Waals surface area contributed by atoms with E-state index >= 15 is 0 Å². The molecule has 1 unspecified atom stereocenters. The van der Waals surface area contributed by atoms with Crippen molar-refractivity contribution in [2.45, 2.75) is 31.0 Å². The van der Waals surface area contributed by atoms with Gasteiger partial charge in [-0.15, -0.1) is 0 Å². The van der Waals surface area contributed by atoms with E-state index in [1.165, 1.54) is 0 Å². The van der Waals surface area contributed by atoms with Gasteiger partial charge in [0, 0.05) is 13.1 Å². The van der Waals surface area contributed by atoms with Gasteiger partial charge in [-0.05, 0) is 19.3 Å². The summed E-state index contributed by atoms with van der Waals surface area (Å²) >= 11 is 0. The molecule has 0 aliphatic heterocycles. The zero-order valence-electron chi connectivity index (χ0n) is 7.16. The van der Waals surface area contributed by atoms with Gasteiger partial charge in [-0.2, -0.15) is 0 Å². The molecule has 0 amide bonds. The zero-order chi connectivity index (χ0) is 9.03. The highest BCUT2D eigenvalue weighted by Crippen LogP contribution is 2.30. The monoisotopic (exact) mass is 175 g/mol. The topological polar surface area (TPSA) is 72.7 Å². The molecule has 4 heteroatoms. The molecule has 0 spiro atoms. The van der Waals surface area contributed by atoms with Gasteiger partial charge in [0.2, 0.25) is 0 Å². The Morgan fingerprint density at radius 1 is 1.42 bits per heavy atom. The normalized spacial score (nSPS) is 23.2. The summed E-state index contributed by atoms with van der Waals surface area (Å²) in [6.45, 7) is 0.633. The van der Waals surface area contributed by atoms with Crippen molar-refractivity contribution in [3.05, 3.63) is 0 Å². The van der Waals surface area contributed by atoms with E-state index in [0.29, 0.717) is 13.1 Å². The van der Waals surface area contributed by atoms with Crippen LogP contribution >= 0.6 is 0 Å². The summed E-state index contributed by atoms with van der Waals surface area (Å²) in [5, 5.41) is 29.9. The molecule has 4 nitrogen and oxygen atoms in total. The van der Waals surface area contributed by atoms with Crippen molar-refractivity contribution in [1.29, 1.82) is 0 Å². The molecule has 0 heterocycles. The maximum absolute atomic E-state index is 9.59. The van der Waals surface area contributed by atoms with Gasteiger partial charge in [0.25, 0.3) is 0 Å². The summed E-state index contributed by atoms with van der Waals surface area (Å²) in [7, 11) is 0. The van der Waals surface area contributed by atoms with Gasteiger partial charge in [-0.3, -0.25) is 0 Å². The van der Waals surface area contributed by atoms with Crippen LogP contribution in [0, 0.1) is 0 Å². The van der Waals surface area contributed by atoms with Crippen LogP contribution in [0.4, 0.5) is 0 Å². The first kappa shape index (κ1) is 9.92. The smallest absolute Gasteiger partial charge is 0.0894 e. The van der Waals surface area contributed by atoms with Crippen LogP contribution in [-0.4, -0.2) is 46.7 Å². The molecule has 1 aliphatic carbocycles. The summed E-state index contributed by atoms with van der Waals surface area (Å²) in [6, 6.07) is 0. The molecule has 1 fully saturated rings. The Bertz CT molecular complexity index is 136.